The number of carbonyl (C=O) groups is 1. The van der Waals surface area contributed by atoms with Crippen molar-refractivity contribution in [3.8, 4) is 0 Å². The van der Waals surface area contributed by atoms with Crippen molar-refractivity contribution < 1.29 is 9.53 Å². The molecule has 0 heterocycles. The first-order valence-corrected chi connectivity index (χ1v) is 4.20. The standard InChI is InChI=1S/C7H14ClNO2/c1-6(2)11-7(10)9-5-3-4-8/h6H,3-5H2,1-2H3,(H,9,10). The van der Waals surface area contributed by atoms with Crippen LogP contribution in [-0.4, -0.2) is 24.6 Å². The summed E-state index contributed by atoms with van der Waals surface area (Å²) in [4.78, 5) is 10.8. The summed E-state index contributed by atoms with van der Waals surface area (Å²) in [7, 11) is 0. The fraction of sp³-hybridized carbons (Fsp3) is 0.857. The van der Waals surface area contributed by atoms with E-state index in [1.807, 2.05) is 0 Å². The molecule has 0 fully saturated rings. The highest BCUT2D eigenvalue weighted by atomic mass is 35.5. The number of carbonyl (C=O) groups excluding carboxylic acids is 1. The number of amides is 1. The minimum atomic E-state index is -0.370. The molecular formula is C7H14ClNO2. The van der Waals surface area contributed by atoms with Gasteiger partial charge in [-0.25, -0.2) is 4.79 Å². The SMILES string of the molecule is CC(C)OC(=O)NCCCCl. The molecule has 4 heteroatoms. The van der Waals surface area contributed by atoms with Gasteiger partial charge in [0.2, 0.25) is 0 Å². The average molecular weight is 180 g/mol. The fourth-order valence-corrected chi connectivity index (χ4v) is 0.647. The number of alkyl carbamates (subject to hydrolysis) is 1. The molecule has 0 unspecified atom stereocenters. The molecule has 0 bridgehead atoms. The van der Waals surface area contributed by atoms with Gasteiger partial charge < -0.3 is 10.1 Å². The van der Waals surface area contributed by atoms with Gasteiger partial charge in [0.1, 0.15) is 0 Å². The van der Waals surface area contributed by atoms with Gasteiger partial charge in [0.25, 0.3) is 0 Å². The Morgan fingerprint density at radius 2 is 2.27 bits per heavy atom. The predicted molar refractivity (Wildman–Crippen MR) is 45.0 cm³/mol. The van der Waals surface area contributed by atoms with E-state index >= 15 is 0 Å². The first-order valence-electron chi connectivity index (χ1n) is 3.67. The van der Waals surface area contributed by atoms with Crippen LogP contribution in [0.1, 0.15) is 20.3 Å². The van der Waals surface area contributed by atoms with E-state index in [-0.39, 0.29) is 12.2 Å². The van der Waals surface area contributed by atoms with Crippen molar-refractivity contribution in [1.82, 2.24) is 5.32 Å². The van der Waals surface area contributed by atoms with Crippen molar-refractivity contribution in [2.45, 2.75) is 26.4 Å². The van der Waals surface area contributed by atoms with Crippen LogP contribution in [0.4, 0.5) is 4.79 Å². The summed E-state index contributed by atoms with van der Waals surface area (Å²) < 4.78 is 4.80. The highest BCUT2D eigenvalue weighted by Crippen LogP contribution is 1.88. The largest absolute Gasteiger partial charge is 0.447 e. The predicted octanol–water partition coefficient (Wildman–Crippen LogP) is 1.75. The maximum absolute atomic E-state index is 10.8. The van der Waals surface area contributed by atoms with Crippen LogP contribution in [0.2, 0.25) is 0 Å². The van der Waals surface area contributed by atoms with E-state index in [2.05, 4.69) is 5.32 Å². The highest BCUT2D eigenvalue weighted by molar-refractivity contribution is 6.17. The summed E-state index contributed by atoms with van der Waals surface area (Å²) in [6.07, 6.45) is 0.338. The van der Waals surface area contributed by atoms with Crippen LogP contribution in [0.15, 0.2) is 0 Å². The fourth-order valence-electron chi connectivity index (χ4n) is 0.513. The molecule has 0 aliphatic heterocycles. The average Bonchev–Trinajstić information content (AvgIpc) is 1.86. The second kappa shape index (κ2) is 6.28. The zero-order valence-corrected chi connectivity index (χ0v) is 7.65. The summed E-state index contributed by atoms with van der Waals surface area (Å²) in [6.45, 7) is 4.19. The van der Waals surface area contributed by atoms with Crippen LogP contribution in [0.5, 0.6) is 0 Å². The molecule has 3 nitrogen and oxygen atoms in total. The van der Waals surface area contributed by atoms with Crippen LogP contribution in [0, 0.1) is 0 Å². The zero-order valence-electron chi connectivity index (χ0n) is 6.89. The number of halogens is 1. The summed E-state index contributed by atoms with van der Waals surface area (Å²) in [5, 5.41) is 2.57. The van der Waals surface area contributed by atoms with E-state index in [0.29, 0.717) is 12.4 Å². The molecule has 0 spiro atoms. The lowest BCUT2D eigenvalue weighted by molar-refractivity contribution is 0.115. The smallest absolute Gasteiger partial charge is 0.407 e. The highest BCUT2D eigenvalue weighted by Gasteiger charge is 2.01. The topological polar surface area (TPSA) is 38.3 Å². The number of ether oxygens (including phenoxy) is 1. The molecule has 0 radical (unpaired) electrons. The number of nitrogens with one attached hydrogen (secondary N) is 1. The summed E-state index contributed by atoms with van der Waals surface area (Å²) in [6, 6.07) is 0. The molecule has 0 saturated carbocycles. The third kappa shape index (κ3) is 7.46. The van der Waals surface area contributed by atoms with E-state index in [0.717, 1.165) is 6.42 Å². The normalized spacial score (nSPS) is 9.82. The molecular weight excluding hydrogens is 166 g/mol. The van der Waals surface area contributed by atoms with Gasteiger partial charge in [-0.05, 0) is 20.3 Å². The number of hydrogen-bond donors (Lipinski definition) is 1. The van der Waals surface area contributed by atoms with Gasteiger partial charge in [-0.2, -0.15) is 0 Å². The van der Waals surface area contributed by atoms with Crippen molar-refractivity contribution >= 4 is 17.7 Å². The lowest BCUT2D eigenvalue weighted by Gasteiger charge is -2.08. The minimum Gasteiger partial charge on any atom is -0.447 e. The summed E-state index contributed by atoms with van der Waals surface area (Å²) in [5.41, 5.74) is 0. The zero-order chi connectivity index (χ0) is 8.69. The van der Waals surface area contributed by atoms with Crippen LogP contribution < -0.4 is 5.32 Å². The van der Waals surface area contributed by atoms with Crippen molar-refractivity contribution in [2.75, 3.05) is 12.4 Å². The Labute approximate surface area is 72.1 Å². The number of hydrogen-bond acceptors (Lipinski definition) is 2. The van der Waals surface area contributed by atoms with Gasteiger partial charge in [-0.1, -0.05) is 0 Å². The maximum Gasteiger partial charge on any atom is 0.407 e. The number of rotatable bonds is 4. The minimum absolute atomic E-state index is 0.0639. The van der Waals surface area contributed by atoms with E-state index in [4.69, 9.17) is 16.3 Å². The van der Waals surface area contributed by atoms with Gasteiger partial charge in [0.05, 0.1) is 6.10 Å². The third-order valence-electron chi connectivity index (χ3n) is 0.922. The summed E-state index contributed by atoms with van der Waals surface area (Å²) in [5.74, 6) is 0.557. The monoisotopic (exact) mass is 179 g/mol. The quantitative estimate of drug-likeness (QED) is 0.528. The molecule has 1 amide bonds. The van der Waals surface area contributed by atoms with Crippen molar-refractivity contribution in [1.29, 1.82) is 0 Å². The molecule has 66 valence electrons. The molecule has 0 aromatic heterocycles. The van der Waals surface area contributed by atoms with Crippen LogP contribution in [0.3, 0.4) is 0 Å². The Morgan fingerprint density at radius 1 is 1.64 bits per heavy atom. The van der Waals surface area contributed by atoms with Crippen LogP contribution in [0.25, 0.3) is 0 Å². The van der Waals surface area contributed by atoms with Gasteiger partial charge >= 0.3 is 6.09 Å². The molecule has 1 N–H and O–H groups in total. The Bertz CT molecular complexity index is 117. The lowest BCUT2D eigenvalue weighted by atomic mass is 10.5. The Hall–Kier alpha value is -0.440. The number of alkyl halides is 1. The van der Waals surface area contributed by atoms with E-state index < -0.39 is 0 Å². The molecule has 0 rings (SSSR count). The molecule has 0 saturated heterocycles. The molecule has 0 aliphatic rings. The van der Waals surface area contributed by atoms with Crippen LogP contribution in [-0.2, 0) is 4.74 Å². The Balaban J connectivity index is 3.23. The van der Waals surface area contributed by atoms with Crippen molar-refractivity contribution in [3.63, 3.8) is 0 Å². The second-order valence-electron chi connectivity index (χ2n) is 2.42. The molecule has 11 heavy (non-hydrogen) atoms. The summed E-state index contributed by atoms with van der Waals surface area (Å²) >= 11 is 5.40. The molecule has 0 aromatic carbocycles. The van der Waals surface area contributed by atoms with Gasteiger partial charge in [-0.3, -0.25) is 0 Å². The molecule has 0 aliphatic carbocycles. The van der Waals surface area contributed by atoms with Gasteiger partial charge in [0, 0.05) is 12.4 Å². The van der Waals surface area contributed by atoms with Gasteiger partial charge in [-0.15, -0.1) is 11.6 Å². The first kappa shape index (κ1) is 10.6. The Morgan fingerprint density at radius 3 is 2.73 bits per heavy atom. The first-order chi connectivity index (χ1) is 5.16. The van der Waals surface area contributed by atoms with Crippen molar-refractivity contribution in [2.24, 2.45) is 0 Å². The maximum atomic E-state index is 10.8. The Kier molecular flexibility index (Phi) is 6.03. The van der Waals surface area contributed by atoms with E-state index in [9.17, 15) is 4.79 Å². The third-order valence-corrected chi connectivity index (χ3v) is 1.19. The van der Waals surface area contributed by atoms with Crippen LogP contribution >= 0.6 is 11.6 Å². The van der Waals surface area contributed by atoms with E-state index in [1.165, 1.54) is 0 Å². The second-order valence-corrected chi connectivity index (χ2v) is 2.80. The molecule has 0 aromatic rings. The van der Waals surface area contributed by atoms with Gasteiger partial charge in [0.15, 0.2) is 0 Å². The van der Waals surface area contributed by atoms with E-state index in [1.54, 1.807) is 13.8 Å². The van der Waals surface area contributed by atoms with Crippen molar-refractivity contribution in [3.05, 3.63) is 0 Å². The lowest BCUT2D eigenvalue weighted by Crippen LogP contribution is -2.27. The molecule has 0 atom stereocenters.